The normalized spacial score (nSPS) is 11.3. The van der Waals surface area contributed by atoms with E-state index in [-0.39, 0.29) is 12.2 Å². The largest absolute Gasteiger partial charge is 0.506 e. The van der Waals surface area contributed by atoms with Crippen LogP contribution in [0.1, 0.15) is 49.4 Å². The Morgan fingerprint density at radius 2 is 1.86 bits per heavy atom. The molecular weight excluding hydrogens is 296 g/mol. The maximum absolute atomic E-state index is 11.7. The molecule has 2 N–H and O–H groups in total. The molecule has 118 valence electrons. The first kappa shape index (κ1) is 17.5. The smallest absolute Gasteiger partial charge is 0.338 e. The Morgan fingerprint density at radius 1 is 1.19 bits per heavy atom. The lowest BCUT2D eigenvalue weighted by Crippen LogP contribution is -2.07. The van der Waals surface area contributed by atoms with Gasteiger partial charge in [0.1, 0.15) is 10.6 Å². The van der Waals surface area contributed by atoms with Crippen LogP contribution in [0.25, 0.3) is 0 Å². The fourth-order valence-corrected chi connectivity index (χ4v) is 2.38. The van der Waals surface area contributed by atoms with E-state index in [1.54, 1.807) is 0 Å². The Bertz CT molecular complexity index is 579. The molecule has 6 nitrogen and oxygen atoms in total. The monoisotopic (exact) mass is 316 g/mol. The van der Waals surface area contributed by atoms with Crippen LogP contribution in [0.5, 0.6) is 5.75 Å². The van der Waals surface area contributed by atoms with E-state index in [9.17, 15) is 18.3 Å². The highest BCUT2D eigenvalue weighted by molar-refractivity contribution is 7.86. The van der Waals surface area contributed by atoms with Crippen molar-refractivity contribution in [1.82, 2.24) is 0 Å². The summed E-state index contributed by atoms with van der Waals surface area (Å²) >= 11 is 0. The van der Waals surface area contributed by atoms with Gasteiger partial charge in [0.2, 0.25) is 0 Å². The number of ether oxygens (including phenoxy) is 1. The van der Waals surface area contributed by atoms with Gasteiger partial charge in [-0.25, -0.2) is 4.79 Å². The van der Waals surface area contributed by atoms with E-state index in [1.807, 2.05) is 0 Å². The predicted molar refractivity (Wildman–Crippen MR) is 77.0 cm³/mol. The van der Waals surface area contributed by atoms with Crippen molar-refractivity contribution in [3.8, 4) is 5.75 Å². The first-order valence-corrected chi connectivity index (χ1v) is 8.28. The summed E-state index contributed by atoms with van der Waals surface area (Å²) in [6.45, 7) is 2.39. The molecule has 0 aromatic heterocycles. The molecule has 21 heavy (non-hydrogen) atoms. The zero-order valence-electron chi connectivity index (χ0n) is 11.9. The van der Waals surface area contributed by atoms with E-state index < -0.39 is 26.7 Å². The first-order valence-electron chi connectivity index (χ1n) is 6.84. The highest BCUT2D eigenvalue weighted by Crippen LogP contribution is 2.23. The number of hydrogen-bond donors (Lipinski definition) is 2. The van der Waals surface area contributed by atoms with Crippen LogP contribution in [-0.2, 0) is 14.9 Å². The summed E-state index contributed by atoms with van der Waals surface area (Å²) in [6, 6.07) is 3.10. The van der Waals surface area contributed by atoms with Crippen LogP contribution in [0.15, 0.2) is 23.1 Å². The quantitative estimate of drug-likeness (QED) is 0.434. The third-order valence-corrected chi connectivity index (χ3v) is 3.85. The second kappa shape index (κ2) is 7.99. The van der Waals surface area contributed by atoms with Gasteiger partial charge in [0.15, 0.2) is 0 Å². The molecule has 0 heterocycles. The Balaban J connectivity index is 2.54. The Kier molecular flexibility index (Phi) is 6.64. The summed E-state index contributed by atoms with van der Waals surface area (Å²) in [5, 5.41) is 9.50. The molecule has 0 amide bonds. The number of rotatable bonds is 8. The number of phenolic OH excluding ortho intramolecular Hbond substituents is 1. The van der Waals surface area contributed by atoms with Gasteiger partial charge < -0.3 is 9.84 Å². The molecule has 0 radical (unpaired) electrons. The molecular formula is C14H20O6S. The molecule has 0 aliphatic carbocycles. The third kappa shape index (κ3) is 5.73. The Hall–Kier alpha value is -1.60. The number of unbranched alkanes of at least 4 members (excludes halogenated alkanes) is 4. The van der Waals surface area contributed by atoms with Crippen molar-refractivity contribution in [1.29, 1.82) is 0 Å². The fourth-order valence-electron chi connectivity index (χ4n) is 1.82. The van der Waals surface area contributed by atoms with E-state index in [2.05, 4.69) is 6.92 Å². The number of hydrogen-bond acceptors (Lipinski definition) is 5. The summed E-state index contributed by atoms with van der Waals surface area (Å²) < 4.78 is 35.7. The molecule has 0 aliphatic rings. The molecule has 0 saturated carbocycles. The molecule has 0 unspecified atom stereocenters. The van der Waals surface area contributed by atoms with Gasteiger partial charge in [-0.3, -0.25) is 4.55 Å². The van der Waals surface area contributed by atoms with Gasteiger partial charge in [-0.05, 0) is 24.6 Å². The van der Waals surface area contributed by atoms with Crippen LogP contribution >= 0.6 is 0 Å². The lowest BCUT2D eigenvalue weighted by Gasteiger charge is -2.06. The second-order valence-corrected chi connectivity index (χ2v) is 6.10. The summed E-state index contributed by atoms with van der Waals surface area (Å²) in [5.74, 6) is -1.32. The molecule has 0 bridgehead atoms. The van der Waals surface area contributed by atoms with Gasteiger partial charge in [0.25, 0.3) is 10.1 Å². The lowest BCUT2D eigenvalue weighted by atomic mass is 10.2. The van der Waals surface area contributed by atoms with Gasteiger partial charge in [-0.15, -0.1) is 0 Å². The molecule has 0 fully saturated rings. The maximum atomic E-state index is 11.7. The average molecular weight is 316 g/mol. The van der Waals surface area contributed by atoms with Crippen molar-refractivity contribution in [3.05, 3.63) is 23.8 Å². The van der Waals surface area contributed by atoms with Gasteiger partial charge in [0.05, 0.1) is 12.2 Å². The molecule has 0 saturated heterocycles. The van der Waals surface area contributed by atoms with Crippen molar-refractivity contribution in [2.45, 2.75) is 43.9 Å². The minimum atomic E-state index is -4.51. The SMILES string of the molecule is CCCCCCCOC(=O)c1ccc(S(=O)(=O)O)c(O)c1. The molecule has 1 aromatic rings. The number of benzene rings is 1. The minimum Gasteiger partial charge on any atom is -0.506 e. The number of esters is 1. The minimum absolute atomic E-state index is 0.0356. The molecule has 1 rings (SSSR count). The van der Waals surface area contributed by atoms with Crippen molar-refractivity contribution >= 4 is 16.1 Å². The highest BCUT2D eigenvalue weighted by Gasteiger charge is 2.17. The lowest BCUT2D eigenvalue weighted by molar-refractivity contribution is 0.0497. The van der Waals surface area contributed by atoms with Gasteiger partial charge >= 0.3 is 5.97 Å². The predicted octanol–water partition coefficient (Wildman–Crippen LogP) is 2.77. The first-order chi connectivity index (χ1) is 9.86. The molecule has 0 aliphatic heterocycles. The highest BCUT2D eigenvalue weighted by atomic mass is 32.2. The number of aromatic hydroxyl groups is 1. The van der Waals surface area contributed by atoms with Gasteiger partial charge in [-0.1, -0.05) is 32.6 Å². The fraction of sp³-hybridized carbons (Fsp3) is 0.500. The maximum Gasteiger partial charge on any atom is 0.338 e. The average Bonchev–Trinajstić information content (AvgIpc) is 2.41. The van der Waals surface area contributed by atoms with E-state index in [4.69, 9.17) is 9.29 Å². The summed E-state index contributed by atoms with van der Waals surface area (Å²) in [4.78, 5) is 11.1. The molecule has 0 spiro atoms. The van der Waals surface area contributed by atoms with Crippen molar-refractivity contribution in [2.24, 2.45) is 0 Å². The third-order valence-electron chi connectivity index (χ3n) is 2.95. The van der Waals surface area contributed by atoms with Crippen LogP contribution in [0.4, 0.5) is 0 Å². The summed E-state index contributed by atoms with van der Waals surface area (Å²) in [7, 11) is -4.51. The van der Waals surface area contributed by atoms with Crippen LogP contribution in [-0.4, -0.2) is 30.7 Å². The van der Waals surface area contributed by atoms with Crippen LogP contribution in [0.2, 0.25) is 0 Å². The molecule has 0 atom stereocenters. The van der Waals surface area contributed by atoms with Crippen molar-refractivity contribution in [2.75, 3.05) is 6.61 Å². The van der Waals surface area contributed by atoms with Gasteiger partial charge in [-0.2, -0.15) is 8.42 Å². The number of phenols is 1. The Labute approximate surface area is 124 Å². The van der Waals surface area contributed by atoms with Crippen LogP contribution in [0, 0.1) is 0 Å². The zero-order chi connectivity index (χ0) is 15.9. The topological polar surface area (TPSA) is 101 Å². The number of carbonyl (C=O) groups is 1. The van der Waals surface area contributed by atoms with Gasteiger partial charge in [0, 0.05) is 0 Å². The molecule has 7 heteroatoms. The van der Waals surface area contributed by atoms with Crippen molar-refractivity contribution in [3.63, 3.8) is 0 Å². The van der Waals surface area contributed by atoms with E-state index in [1.165, 1.54) is 6.07 Å². The van der Waals surface area contributed by atoms with Crippen LogP contribution in [0.3, 0.4) is 0 Å². The number of carbonyl (C=O) groups excluding carboxylic acids is 1. The zero-order valence-corrected chi connectivity index (χ0v) is 12.7. The van der Waals surface area contributed by atoms with E-state index >= 15 is 0 Å². The van der Waals surface area contributed by atoms with E-state index in [0.717, 1.165) is 44.2 Å². The summed E-state index contributed by atoms with van der Waals surface area (Å²) in [6.07, 6.45) is 5.13. The summed E-state index contributed by atoms with van der Waals surface area (Å²) in [5.41, 5.74) is 0.0356. The van der Waals surface area contributed by atoms with Crippen LogP contribution < -0.4 is 0 Å². The standard InChI is InChI=1S/C14H20O6S/c1-2-3-4-5-6-9-20-14(16)11-7-8-13(12(15)10-11)21(17,18)19/h7-8,10,15H,2-6,9H2,1H3,(H,17,18,19). The second-order valence-electron chi connectivity index (χ2n) is 4.71. The Morgan fingerprint density at radius 3 is 2.43 bits per heavy atom. The van der Waals surface area contributed by atoms with Crippen molar-refractivity contribution < 1.29 is 27.6 Å². The van der Waals surface area contributed by atoms with E-state index in [0.29, 0.717) is 0 Å². The molecule has 1 aromatic carbocycles.